The first kappa shape index (κ1) is 18.8. The normalized spacial score (nSPS) is 10.3. The molecular formula is C22H20ClNO3. The van der Waals surface area contributed by atoms with Crippen LogP contribution in [0.3, 0.4) is 0 Å². The van der Waals surface area contributed by atoms with Gasteiger partial charge in [-0.3, -0.25) is 4.79 Å². The zero-order valence-corrected chi connectivity index (χ0v) is 15.9. The molecule has 0 saturated heterocycles. The van der Waals surface area contributed by atoms with E-state index >= 15 is 0 Å². The second-order valence-electron chi connectivity index (χ2n) is 6.07. The third-order valence-corrected chi connectivity index (χ3v) is 4.29. The van der Waals surface area contributed by atoms with Crippen molar-refractivity contribution in [3.8, 4) is 11.5 Å². The lowest BCUT2D eigenvalue weighted by Crippen LogP contribution is -2.14. The molecule has 0 heterocycles. The van der Waals surface area contributed by atoms with Gasteiger partial charge in [-0.1, -0.05) is 41.9 Å². The summed E-state index contributed by atoms with van der Waals surface area (Å²) in [6.07, 6.45) is 0. The minimum absolute atomic E-state index is 0.259. The average Bonchev–Trinajstić information content (AvgIpc) is 2.68. The number of methoxy groups -OCH3 is 1. The molecular weight excluding hydrogens is 362 g/mol. The molecule has 4 nitrogen and oxygen atoms in total. The van der Waals surface area contributed by atoms with Gasteiger partial charge in [0.25, 0.3) is 5.91 Å². The summed E-state index contributed by atoms with van der Waals surface area (Å²) in [6, 6.07) is 20.2. The highest BCUT2D eigenvalue weighted by Gasteiger charge is 2.14. The maximum Gasteiger partial charge on any atom is 0.259 e. The van der Waals surface area contributed by atoms with Crippen LogP contribution in [0.1, 0.15) is 21.5 Å². The number of para-hydroxylation sites is 1. The van der Waals surface area contributed by atoms with Gasteiger partial charge in [0, 0.05) is 5.02 Å². The predicted octanol–water partition coefficient (Wildman–Crippen LogP) is 5.49. The largest absolute Gasteiger partial charge is 0.495 e. The summed E-state index contributed by atoms with van der Waals surface area (Å²) in [6.45, 7) is 2.30. The van der Waals surface area contributed by atoms with Crippen LogP contribution in [0.4, 0.5) is 5.69 Å². The number of benzene rings is 3. The Labute approximate surface area is 163 Å². The SMILES string of the molecule is COc1ccc(C)cc1NC(=O)c1ccccc1OCc1ccc(Cl)cc1. The highest BCUT2D eigenvalue weighted by Crippen LogP contribution is 2.27. The van der Waals surface area contributed by atoms with Gasteiger partial charge in [-0.25, -0.2) is 0 Å². The maximum atomic E-state index is 12.8. The van der Waals surface area contributed by atoms with Crippen molar-refractivity contribution >= 4 is 23.2 Å². The summed E-state index contributed by atoms with van der Waals surface area (Å²) in [5.74, 6) is 0.857. The molecule has 0 fully saturated rings. The second kappa shape index (κ2) is 8.60. The molecule has 0 aliphatic rings. The summed E-state index contributed by atoms with van der Waals surface area (Å²) < 4.78 is 11.2. The van der Waals surface area contributed by atoms with Crippen LogP contribution in [0.15, 0.2) is 66.7 Å². The standard InChI is InChI=1S/C22H20ClNO3/c1-15-7-12-21(26-2)19(13-15)24-22(25)18-5-3-4-6-20(18)27-14-16-8-10-17(23)11-9-16/h3-13H,14H2,1-2H3,(H,24,25). The van der Waals surface area contributed by atoms with Crippen LogP contribution in [0.5, 0.6) is 11.5 Å². The van der Waals surface area contributed by atoms with Crippen LogP contribution >= 0.6 is 11.6 Å². The van der Waals surface area contributed by atoms with Crippen LogP contribution in [-0.2, 0) is 6.61 Å². The van der Waals surface area contributed by atoms with Crippen LogP contribution in [0, 0.1) is 6.92 Å². The zero-order valence-electron chi connectivity index (χ0n) is 15.2. The van der Waals surface area contributed by atoms with Gasteiger partial charge in [0.2, 0.25) is 0 Å². The van der Waals surface area contributed by atoms with Crippen molar-refractivity contribution in [2.45, 2.75) is 13.5 Å². The van der Waals surface area contributed by atoms with Crippen molar-refractivity contribution in [1.29, 1.82) is 0 Å². The first-order valence-corrected chi connectivity index (χ1v) is 8.87. The molecule has 5 heteroatoms. The molecule has 0 atom stereocenters. The highest BCUT2D eigenvalue weighted by atomic mass is 35.5. The smallest absolute Gasteiger partial charge is 0.259 e. The van der Waals surface area contributed by atoms with Gasteiger partial charge in [0.05, 0.1) is 18.4 Å². The number of hydrogen-bond donors (Lipinski definition) is 1. The summed E-state index contributed by atoms with van der Waals surface area (Å²) in [5.41, 5.74) is 3.07. The average molecular weight is 382 g/mol. The lowest BCUT2D eigenvalue weighted by molar-refractivity contribution is 0.102. The van der Waals surface area contributed by atoms with Gasteiger partial charge in [0.1, 0.15) is 18.1 Å². The molecule has 0 aliphatic heterocycles. The topological polar surface area (TPSA) is 47.6 Å². The number of halogens is 1. The molecule has 0 radical (unpaired) electrons. The number of anilines is 1. The lowest BCUT2D eigenvalue weighted by Gasteiger charge is -2.14. The van der Waals surface area contributed by atoms with Crippen LogP contribution in [-0.4, -0.2) is 13.0 Å². The number of carbonyl (C=O) groups is 1. The van der Waals surface area contributed by atoms with E-state index in [0.717, 1.165) is 11.1 Å². The van der Waals surface area contributed by atoms with Gasteiger partial charge in [-0.2, -0.15) is 0 Å². The molecule has 138 valence electrons. The van der Waals surface area contributed by atoms with Crippen molar-refractivity contribution in [3.05, 3.63) is 88.4 Å². The van der Waals surface area contributed by atoms with Gasteiger partial charge in [-0.15, -0.1) is 0 Å². The van der Waals surface area contributed by atoms with E-state index in [9.17, 15) is 4.79 Å². The molecule has 27 heavy (non-hydrogen) atoms. The van der Waals surface area contributed by atoms with Crippen molar-refractivity contribution in [2.24, 2.45) is 0 Å². The Morgan fingerprint density at radius 3 is 2.48 bits per heavy atom. The number of nitrogens with one attached hydrogen (secondary N) is 1. The summed E-state index contributed by atoms with van der Waals surface area (Å²) in [7, 11) is 1.57. The summed E-state index contributed by atoms with van der Waals surface area (Å²) in [5, 5.41) is 3.58. The molecule has 1 amide bonds. The molecule has 3 rings (SSSR count). The summed E-state index contributed by atoms with van der Waals surface area (Å²) >= 11 is 5.90. The number of hydrogen-bond acceptors (Lipinski definition) is 3. The number of carbonyl (C=O) groups excluding carboxylic acids is 1. The molecule has 0 unspecified atom stereocenters. The Hall–Kier alpha value is -2.98. The van der Waals surface area contributed by atoms with Gasteiger partial charge in [-0.05, 0) is 54.4 Å². The van der Waals surface area contributed by atoms with Gasteiger partial charge >= 0.3 is 0 Å². The van der Waals surface area contributed by atoms with E-state index in [1.165, 1.54) is 0 Å². The van der Waals surface area contributed by atoms with Crippen molar-refractivity contribution in [2.75, 3.05) is 12.4 Å². The van der Waals surface area contributed by atoms with E-state index in [1.54, 1.807) is 25.3 Å². The minimum Gasteiger partial charge on any atom is -0.495 e. The highest BCUT2D eigenvalue weighted by molar-refractivity contribution is 6.30. The van der Waals surface area contributed by atoms with Crippen LogP contribution in [0.25, 0.3) is 0 Å². The van der Waals surface area contributed by atoms with Gasteiger partial charge < -0.3 is 14.8 Å². The molecule has 1 N–H and O–H groups in total. The first-order chi connectivity index (χ1) is 13.1. The number of amides is 1. The monoisotopic (exact) mass is 381 g/mol. The Kier molecular flexibility index (Phi) is 5.99. The molecule has 3 aromatic carbocycles. The number of ether oxygens (including phenoxy) is 2. The molecule has 0 spiro atoms. The van der Waals surface area contributed by atoms with Crippen molar-refractivity contribution in [3.63, 3.8) is 0 Å². The molecule has 0 aliphatic carbocycles. The van der Waals surface area contributed by atoms with E-state index in [4.69, 9.17) is 21.1 Å². The fourth-order valence-corrected chi connectivity index (χ4v) is 2.76. The second-order valence-corrected chi connectivity index (χ2v) is 6.51. The van der Waals surface area contributed by atoms with Crippen molar-refractivity contribution in [1.82, 2.24) is 0 Å². The third kappa shape index (κ3) is 4.80. The molecule has 3 aromatic rings. The van der Waals surface area contributed by atoms with Gasteiger partial charge in [0.15, 0.2) is 0 Å². The van der Waals surface area contributed by atoms with E-state index < -0.39 is 0 Å². The van der Waals surface area contributed by atoms with E-state index in [-0.39, 0.29) is 5.91 Å². The Morgan fingerprint density at radius 2 is 1.74 bits per heavy atom. The van der Waals surface area contributed by atoms with E-state index in [0.29, 0.717) is 34.4 Å². The summed E-state index contributed by atoms with van der Waals surface area (Å²) in [4.78, 5) is 12.8. The molecule has 0 saturated carbocycles. The molecule has 0 aromatic heterocycles. The van der Waals surface area contributed by atoms with Crippen LogP contribution in [0.2, 0.25) is 5.02 Å². The predicted molar refractivity (Wildman–Crippen MR) is 108 cm³/mol. The quantitative estimate of drug-likeness (QED) is 0.614. The number of aryl methyl sites for hydroxylation is 1. The fourth-order valence-electron chi connectivity index (χ4n) is 2.63. The molecule has 0 bridgehead atoms. The fraction of sp³-hybridized carbons (Fsp3) is 0.136. The lowest BCUT2D eigenvalue weighted by atomic mass is 10.1. The number of rotatable bonds is 6. The van der Waals surface area contributed by atoms with Crippen LogP contribution < -0.4 is 14.8 Å². The van der Waals surface area contributed by atoms with Crippen molar-refractivity contribution < 1.29 is 14.3 Å². The minimum atomic E-state index is -0.259. The van der Waals surface area contributed by atoms with E-state index in [1.807, 2.05) is 55.5 Å². The van der Waals surface area contributed by atoms with E-state index in [2.05, 4.69) is 5.32 Å². The third-order valence-electron chi connectivity index (χ3n) is 4.04. The zero-order chi connectivity index (χ0) is 19.2. The maximum absolute atomic E-state index is 12.8. The first-order valence-electron chi connectivity index (χ1n) is 8.49. The Balaban J connectivity index is 1.77. The Morgan fingerprint density at radius 1 is 1.00 bits per heavy atom. The Bertz CT molecular complexity index is 939.